The molecule has 0 fully saturated rings. The zero-order valence-corrected chi connectivity index (χ0v) is 16.0. The number of amides is 1. The first-order chi connectivity index (χ1) is 12.3. The average molecular weight is 376 g/mol. The van der Waals surface area contributed by atoms with Gasteiger partial charge in [-0.3, -0.25) is 4.79 Å². The largest absolute Gasteiger partial charge is 0.496 e. The van der Waals surface area contributed by atoms with E-state index >= 15 is 0 Å². The van der Waals surface area contributed by atoms with Crippen LogP contribution in [0.1, 0.15) is 21.5 Å². The van der Waals surface area contributed by atoms with Crippen molar-refractivity contribution in [1.29, 1.82) is 0 Å². The van der Waals surface area contributed by atoms with Gasteiger partial charge in [-0.2, -0.15) is 4.31 Å². The number of ether oxygens (including phenoxy) is 1. The van der Waals surface area contributed by atoms with E-state index in [2.05, 4.69) is 5.32 Å². The van der Waals surface area contributed by atoms with Crippen LogP contribution in [-0.2, 0) is 16.6 Å². The van der Waals surface area contributed by atoms with Crippen molar-refractivity contribution < 1.29 is 17.9 Å². The van der Waals surface area contributed by atoms with Crippen molar-refractivity contribution in [3.63, 3.8) is 0 Å². The summed E-state index contributed by atoms with van der Waals surface area (Å²) in [5.41, 5.74) is 2.38. The maximum atomic E-state index is 12.3. The van der Waals surface area contributed by atoms with E-state index in [0.717, 1.165) is 11.1 Å². The zero-order chi connectivity index (χ0) is 19.2. The van der Waals surface area contributed by atoms with E-state index in [1.807, 2.05) is 31.2 Å². The quantitative estimate of drug-likeness (QED) is 0.766. The third-order valence-electron chi connectivity index (χ3n) is 4.08. The van der Waals surface area contributed by atoms with Crippen LogP contribution in [0.25, 0.3) is 0 Å². The zero-order valence-electron chi connectivity index (χ0n) is 15.2. The summed E-state index contributed by atoms with van der Waals surface area (Å²) in [7, 11) is -1.90. The second-order valence-electron chi connectivity index (χ2n) is 5.98. The molecule has 0 saturated heterocycles. The first kappa shape index (κ1) is 19.9. The molecule has 0 radical (unpaired) electrons. The minimum Gasteiger partial charge on any atom is -0.496 e. The number of nitrogens with zero attached hydrogens (tertiary/aromatic N) is 1. The number of hydrogen-bond acceptors (Lipinski definition) is 4. The van der Waals surface area contributed by atoms with Gasteiger partial charge in [0.05, 0.1) is 18.9 Å². The summed E-state index contributed by atoms with van der Waals surface area (Å²) in [5.74, 6) is 0.177. The number of benzene rings is 2. The first-order valence-electron chi connectivity index (χ1n) is 8.23. The minimum absolute atomic E-state index is 0.189. The summed E-state index contributed by atoms with van der Waals surface area (Å²) >= 11 is 0. The van der Waals surface area contributed by atoms with E-state index in [1.165, 1.54) is 17.7 Å². The van der Waals surface area contributed by atoms with Crippen LogP contribution in [-0.4, -0.2) is 45.1 Å². The average Bonchev–Trinajstić information content (AvgIpc) is 2.61. The molecule has 26 heavy (non-hydrogen) atoms. The molecule has 2 rings (SSSR count). The monoisotopic (exact) mass is 376 g/mol. The van der Waals surface area contributed by atoms with E-state index in [4.69, 9.17) is 4.74 Å². The van der Waals surface area contributed by atoms with Crippen LogP contribution < -0.4 is 10.1 Å². The predicted octanol–water partition coefficient (Wildman–Crippen LogP) is 2.20. The second kappa shape index (κ2) is 8.82. The molecule has 0 heterocycles. The fraction of sp³-hybridized carbons (Fsp3) is 0.316. The van der Waals surface area contributed by atoms with Gasteiger partial charge in [0.25, 0.3) is 5.91 Å². The van der Waals surface area contributed by atoms with Crippen molar-refractivity contribution in [1.82, 2.24) is 9.62 Å². The normalized spacial score (nSPS) is 11.4. The van der Waals surface area contributed by atoms with E-state index in [1.54, 1.807) is 24.3 Å². The van der Waals surface area contributed by atoms with Crippen LogP contribution in [0.15, 0.2) is 48.5 Å². The highest BCUT2D eigenvalue weighted by Gasteiger charge is 2.18. The van der Waals surface area contributed by atoms with Crippen LogP contribution in [0.5, 0.6) is 5.75 Å². The molecular formula is C19H24N2O4S. The Kier molecular flexibility index (Phi) is 6.76. The molecule has 2 aromatic carbocycles. The molecule has 0 aliphatic carbocycles. The molecule has 1 amide bonds. The van der Waals surface area contributed by atoms with E-state index in [9.17, 15) is 13.2 Å². The van der Waals surface area contributed by atoms with E-state index < -0.39 is 10.0 Å². The Hall–Kier alpha value is -2.38. The van der Waals surface area contributed by atoms with E-state index in [0.29, 0.717) is 11.3 Å². The predicted molar refractivity (Wildman–Crippen MR) is 102 cm³/mol. The molecule has 6 nitrogen and oxygen atoms in total. The summed E-state index contributed by atoms with van der Waals surface area (Å²) in [6.07, 6.45) is 1.17. The number of para-hydroxylation sites is 1. The Morgan fingerprint density at radius 2 is 1.77 bits per heavy atom. The molecule has 0 atom stereocenters. The lowest BCUT2D eigenvalue weighted by molar-refractivity contribution is 0.0948. The fourth-order valence-corrected chi connectivity index (χ4v) is 3.36. The van der Waals surface area contributed by atoms with Crippen LogP contribution >= 0.6 is 0 Å². The molecule has 0 aliphatic rings. The van der Waals surface area contributed by atoms with Gasteiger partial charge < -0.3 is 10.1 Å². The van der Waals surface area contributed by atoms with Crippen LogP contribution in [0, 0.1) is 6.92 Å². The SMILES string of the molecule is COc1ccccc1C(=O)NCCN(Cc1ccccc1C)S(C)(=O)=O. The van der Waals surface area contributed by atoms with Crippen LogP contribution in [0.4, 0.5) is 0 Å². The fourth-order valence-electron chi connectivity index (χ4n) is 2.56. The van der Waals surface area contributed by atoms with Gasteiger partial charge in [-0.05, 0) is 30.2 Å². The van der Waals surface area contributed by atoms with Gasteiger partial charge in [-0.15, -0.1) is 0 Å². The summed E-state index contributed by atoms with van der Waals surface area (Å²) in [6.45, 7) is 2.61. The molecule has 0 saturated carbocycles. The maximum absolute atomic E-state index is 12.3. The summed E-state index contributed by atoms with van der Waals surface area (Å²) in [4.78, 5) is 12.3. The number of aryl methyl sites for hydroxylation is 1. The van der Waals surface area contributed by atoms with Crippen molar-refractivity contribution >= 4 is 15.9 Å². The van der Waals surface area contributed by atoms with E-state index in [-0.39, 0.29) is 25.5 Å². The Labute approximate surface area is 154 Å². The Bertz CT molecular complexity index is 865. The number of carbonyl (C=O) groups excluding carboxylic acids is 1. The number of sulfonamides is 1. The Morgan fingerprint density at radius 1 is 1.12 bits per heavy atom. The smallest absolute Gasteiger partial charge is 0.255 e. The minimum atomic E-state index is -3.40. The maximum Gasteiger partial charge on any atom is 0.255 e. The topological polar surface area (TPSA) is 75.7 Å². The summed E-state index contributed by atoms with van der Waals surface area (Å²) < 4.78 is 30.7. The lowest BCUT2D eigenvalue weighted by Crippen LogP contribution is -2.37. The van der Waals surface area contributed by atoms with Crippen molar-refractivity contribution in [3.8, 4) is 5.75 Å². The molecule has 2 aromatic rings. The highest BCUT2D eigenvalue weighted by molar-refractivity contribution is 7.88. The van der Waals surface area contributed by atoms with Crippen molar-refractivity contribution in [2.45, 2.75) is 13.5 Å². The van der Waals surface area contributed by atoms with Gasteiger partial charge in [0.1, 0.15) is 5.75 Å². The van der Waals surface area contributed by atoms with Gasteiger partial charge in [-0.25, -0.2) is 8.42 Å². The highest BCUT2D eigenvalue weighted by Crippen LogP contribution is 2.17. The van der Waals surface area contributed by atoms with Gasteiger partial charge in [-0.1, -0.05) is 36.4 Å². The third-order valence-corrected chi connectivity index (χ3v) is 5.33. The molecule has 0 spiro atoms. The van der Waals surface area contributed by atoms with Crippen molar-refractivity contribution in [2.24, 2.45) is 0 Å². The molecule has 0 unspecified atom stereocenters. The van der Waals surface area contributed by atoms with Gasteiger partial charge in [0, 0.05) is 19.6 Å². The standard InChI is InChI=1S/C19H24N2O4S/c1-15-8-4-5-9-16(15)14-21(26(3,23)24)13-12-20-19(22)17-10-6-7-11-18(17)25-2/h4-11H,12-14H2,1-3H3,(H,20,22). The lowest BCUT2D eigenvalue weighted by Gasteiger charge is -2.21. The molecule has 0 aromatic heterocycles. The van der Waals surface area contributed by atoms with Gasteiger partial charge >= 0.3 is 0 Å². The molecule has 1 N–H and O–H groups in total. The second-order valence-corrected chi connectivity index (χ2v) is 7.96. The molecule has 140 valence electrons. The number of nitrogens with one attached hydrogen (secondary N) is 1. The number of hydrogen-bond donors (Lipinski definition) is 1. The molecule has 0 aliphatic heterocycles. The van der Waals surface area contributed by atoms with Crippen LogP contribution in [0.3, 0.4) is 0 Å². The number of methoxy groups -OCH3 is 1. The summed E-state index contributed by atoms with van der Waals surface area (Å²) in [6, 6.07) is 14.5. The first-order valence-corrected chi connectivity index (χ1v) is 10.1. The highest BCUT2D eigenvalue weighted by atomic mass is 32.2. The van der Waals surface area contributed by atoms with Crippen LogP contribution in [0.2, 0.25) is 0 Å². The van der Waals surface area contributed by atoms with Crippen molar-refractivity contribution in [2.75, 3.05) is 26.5 Å². The van der Waals surface area contributed by atoms with Gasteiger partial charge in [0.2, 0.25) is 10.0 Å². The number of carbonyl (C=O) groups is 1. The Morgan fingerprint density at radius 3 is 2.42 bits per heavy atom. The summed E-state index contributed by atoms with van der Waals surface area (Å²) in [5, 5.41) is 2.75. The van der Waals surface area contributed by atoms with Gasteiger partial charge in [0.15, 0.2) is 0 Å². The third kappa shape index (κ3) is 5.31. The molecule has 0 bridgehead atoms. The lowest BCUT2D eigenvalue weighted by atomic mass is 10.1. The van der Waals surface area contributed by atoms with Crippen molar-refractivity contribution in [3.05, 3.63) is 65.2 Å². The molecule has 7 heteroatoms. The Balaban J connectivity index is 2.02. The molecular weight excluding hydrogens is 352 g/mol. The number of rotatable bonds is 8.